The van der Waals surface area contributed by atoms with Crippen molar-refractivity contribution in [3.8, 4) is 22.4 Å². The molecule has 3 nitrogen and oxygen atoms in total. The van der Waals surface area contributed by atoms with Gasteiger partial charge >= 0.3 is 0 Å². The van der Waals surface area contributed by atoms with E-state index in [1.54, 1.807) is 24.5 Å². The Morgan fingerprint density at radius 3 is 2.56 bits per heavy atom. The second kappa shape index (κ2) is 7.28. The molecule has 0 bridgehead atoms. The Morgan fingerprint density at radius 1 is 1.08 bits per heavy atom. The van der Waals surface area contributed by atoms with Gasteiger partial charge in [0.25, 0.3) is 0 Å². The minimum atomic E-state index is -0.389. The van der Waals surface area contributed by atoms with E-state index in [1.165, 1.54) is 6.07 Å². The molecule has 0 unspecified atom stereocenters. The number of hydrogen-bond donors (Lipinski definition) is 0. The molecule has 0 amide bonds. The molecule has 0 saturated carbocycles. The molecule has 0 fully saturated rings. The minimum Gasteiger partial charge on any atom is -0.262 e. The van der Waals surface area contributed by atoms with Crippen LogP contribution in [0.2, 0.25) is 5.02 Å². The van der Waals surface area contributed by atoms with Crippen LogP contribution >= 0.6 is 11.6 Å². The van der Waals surface area contributed by atoms with Gasteiger partial charge in [0.05, 0.1) is 5.69 Å². The molecule has 2 heterocycles. The van der Waals surface area contributed by atoms with Gasteiger partial charge < -0.3 is 0 Å². The molecular weight excluding hydrogens is 337 g/mol. The van der Waals surface area contributed by atoms with Gasteiger partial charge in [-0.25, -0.2) is 14.4 Å². The van der Waals surface area contributed by atoms with Gasteiger partial charge in [0.2, 0.25) is 0 Å². The Balaban J connectivity index is 2.20. The first-order valence-corrected chi connectivity index (χ1v) is 8.56. The lowest BCUT2D eigenvalue weighted by Crippen LogP contribution is -2.04. The van der Waals surface area contributed by atoms with Gasteiger partial charge in [-0.05, 0) is 43.2 Å². The molecule has 5 heteroatoms. The van der Waals surface area contributed by atoms with E-state index in [-0.39, 0.29) is 5.82 Å². The number of halogens is 2. The Hall–Kier alpha value is -2.33. The normalized spacial score (nSPS) is 11.1. The summed E-state index contributed by atoms with van der Waals surface area (Å²) in [4.78, 5) is 13.4. The van der Waals surface area contributed by atoms with Gasteiger partial charge in [0.1, 0.15) is 11.6 Å². The number of aromatic nitrogens is 3. The molecule has 0 saturated heterocycles. The number of nitrogens with zero attached hydrogens (tertiary/aromatic N) is 3. The van der Waals surface area contributed by atoms with Gasteiger partial charge in [-0.1, -0.05) is 25.4 Å². The molecule has 0 N–H and O–H groups in total. The Morgan fingerprint density at radius 2 is 1.88 bits per heavy atom. The Labute approximate surface area is 151 Å². The van der Waals surface area contributed by atoms with Crippen LogP contribution < -0.4 is 0 Å². The molecular formula is C20H19ClFN3. The first-order chi connectivity index (χ1) is 11.9. The van der Waals surface area contributed by atoms with Crippen molar-refractivity contribution in [3.63, 3.8) is 0 Å². The lowest BCUT2D eigenvalue weighted by atomic mass is 10.00. The zero-order chi connectivity index (χ0) is 18.0. The van der Waals surface area contributed by atoms with Crippen molar-refractivity contribution in [2.75, 3.05) is 0 Å². The van der Waals surface area contributed by atoms with E-state index in [1.807, 2.05) is 19.1 Å². The van der Waals surface area contributed by atoms with E-state index in [4.69, 9.17) is 16.6 Å². The molecule has 25 heavy (non-hydrogen) atoms. The highest BCUT2D eigenvalue weighted by Crippen LogP contribution is 2.33. The molecule has 3 aromatic rings. The second-order valence-electron chi connectivity index (χ2n) is 6.46. The van der Waals surface area contributed by atoms with Gasteiger partial charge in [0.15, 0.2) is 0 Å². The summed E-state index contributed by atoms with van der Waals surface area (Å²) in [6, 6.07) is 8.46. The van der Waals surface area contributed by atoms with Crippen molar-refractivity contribution in [1.82, 2.24) is 15.0 Å². The number of benzene rings is 1. The average molecular weight is 356 g/mol. The maximum atomic E-state index is 14.5. The summed E-state index contributed by atoms with van der Waals surface area (Å²) in [6.07, 6.45) is 4.19. The van der Waals surface area contributed by atoms with Crippen molar-refractivity contribution in [3.05, 3.63) is 65.1 Å². The number of pyridine rings is 1. The monoisotopic (exact) mass is 355 g/mol. The molecule has 2 aromatic heterocycles. The third-order valence-corrected chi connectivity index (χ3v) is 4.06. The topological polar surface area (TPSA) is 38.7 Å². The van der Waals surface area contributed by atoms with Gasteiger partial charge in [-0.15, -0.1) is 0 Å². The minimum absolute atomic E-state index is 0.361. The van der Waals surface area contributed by atoms with Crippen LogP contribution in [-0.4, -0.2) is 15.0 Å². The van der Waals surface area contributed by atoms with E-state index in [9.17, 15) is 4.39 Å². The summed E-state index contributed by atoms with van der Waals surface area (Å²) >= 11 is 5.88. The molecule has 128 valence electrons. The van der Waals surface area contributed by atoms with Crippen LogP contribution in [0.3, 0.4) is 0 Å². The number of hydrogen-bond acceptors (Lipinski definition) is 3. The van der Waals surface area contributed by atoms with E-state index >= 15 is 0 Å². The van der Waals surface area contributed by atoms with Gasteiger partial charge in [0, 0.05) is 46.2 Å². The molecule has 0 aliphatic carbocycles. The predicted octanol–water partition coefficient (Wildman–Crippen LogP) is 5.51. The summed E-state index contributed by atoms with van der Waals surface area (Å²) in [5.41, 5.74) is 3.56. The summed E-state index contributed by atoms with van der Waals surface area (Å²) in [6.45, 7) is 6.15. The van der Waals surface area contributed by atoms with Crippen LogP contribution in [-0.2, 0) is 6.42 Å². The quantitative estimate of drug-likeness (QED) is 0.619. The van der Waals surface area contributed by atoms with E-state index in [0.717, 1.165) is 23.5 Å². The Bertz CT molecular complexity index is 909. The van der Waals surface area contributed by atoms with Crippen molar-refractivity contribution in [1.29, 1.82) is 0 Å². The molecule has 0 aliphatic heterocycles. The van der Waals surface area contributed by atoms with Gasteiger partial charge in [-0.2, -0.15) is 0 Å². The molecule has 0 atom stereocenters. The zero-order valence-electron chi connectivity index (χ0n) is 14.4. The number of rotatable bonds is 4. The smallest absolute Gasteiger partial charge is 0.132 e. The van der Waals surface area contributed by atoms with E-state index < -0.39 is 0 Å². The van der Waals surface area contributed by atoms with Crippen molar-refractivity contribution in [2.45, 2.75) is 27.2 Å². The standard InChI is InChI=1S/C20H19ClFN3/c1-12(2)8-19-24-11-17(16-5-4-15(21)10-18(16)22)20(25-19)14-6-7-23-13(3)9-14/h4-7,9-12H,8H2,1-3H3. The average Bonchev–Trinajstić information content (AvgIpc) is 2.55. The zero-order valence-corrected chi connectivity index (χ0v) is 15.2. The van der Waals surface area contributed by atoms with Crippen LogP contribution in [0, 0.1) is 18.7 Å². The fraction of sp³-hybridized carbons (Fsp3) is 0.250. The third-order valence-electron chi connectivity index (χ3n) is 3.82. The number of aryl methyl sites for hydroxylation is 1. The van der Waals surface area contributed by atoms with E-state index in [0.29, 0.717) is 27.8 Å². The molecule has 1 aromatic carbocycles. The highest BCUT2D eigenvalue weighted by Gasteiger charge is 2.16. The fourth-order valence-corrected chi connectivity index (χ4v) is 2.86. The lowest BCUT2D eigenvalue weighted by Gasteiger charge is -2.13. The predicted molar refractivity (Wildman–Crippen MR) is 98.9 cm³/mol. The Kier molecular flexibility index (Phi) is 5.09. The van der Waals surface area contributed by atoms with Crippen LogP contribution in [0.1, 0.15) is 25.4 Å². The largest absolute Gasteiger partial charge is 0.262 e. The van der Waals surface area contributed by atoms with Gasteiger partial charge in [-0.3, -0.25) is 4.98 Å². The molecule has 0 aliphatic rings. The first-order valence-electron chi connectivity index (χ1n) is 8.18. The fourth-order valence-electron chi connectivity index (χ4n) is 2.70. The maximum Gasteiger partial charge on any atom is 0.132 e. The summed E-state index contributed by atoms with van der Waals surface area (Å²) in [7, 11) is 0. The van der Waals surface area contributed by atoms with Crippen LogP contribution in [0.5, 0.6) is 0 Å². The summed E-state index contributed by atoms with van der Waals surface area (Å²) < 4.78 is 14.5. The van der Waals surface area contributed by atoms with Crippen molar-refractivity contribution in [2.24, 2.45) is 5.92 Å². The van der Waals surface area contributed by atoms with E-state index in [2.05, 4.69) is 23.8 Å². The third kappa shape index (κ3) is 4.02. The molecule has 3 rings (SSSR count). The summed E-state index contributed by atoms with van der Waals surface area (Å²) in [5, 5.41) is 0.361. The van der Waals surface area contributed by atoms with Crippen molar-refractivity contribution >= 4 is 11.6 Å². The lowest BCUT2D eigenvalue weighted by molar-refractivity contribution is 0.620. The summed E-state index contributed by atoms with van der Waals surface area (Å²) in [5.74, 6) is 0.794. The maximum absolute atomic E-state index is 14.5. The SMILES string of the molecule is Cc1cc(-c2nc(CC(C)C)ncc2-c2ccc(Cl)cc2F)ccn1. The van der Waals surface area contributed by atoms with Crippen LogP contribution in [0.4, 0.5) is 4.39 Å². The molecule has 0 radical (unpaired) electrons. The van der Waals surface area contributed by atoms with Crippen LogP contribution in [0.25, 0.3) is 22.4 Å². The highest BCUT2D eigenvalue weighted by atomic mass is 35.5. The molecule has 0 spiro atoms. The highest BCUT2D eigenvalue weighted by molar-refractivity contribution is 6.30. The van der Waals surface area contributed by atoms with Crippen LogP contribution in [0.15, 0.2) is 42.7 Å². The van der Waals surface area contributed by atoms with Crippen molar-refractivity contribution < 1.29 is 4.39 Å². The first kappa shape index (κ1) is 17.5. The second-order valence-corrected chi connectivity index (χ2v) is 6.89.